The lowest BCUT2D eigenvalue weighted by atomic mass is 9.94. The van der Waals surface area contributed by atoms with Crippen molar-refractivity contribution in [2.24, 2.45) is 4.99 Å². The topological polar surface area (TPSA) is 155 Å². The third-order valence-electron chi connectivity index (χ3n) is 6.44. The largest absolute Gasteiger partial charge is 0.550 e. The fraction of sp³-hybridized carbons (Fsp3) is 0.393. The first-order chi connectivity index (χ1) is 19.6. The van der Waals surface area contributed by atoms with E-state index in [1.54, 1.807) is 12.3 Å². The monoisotopic (exact) mass is 588 g/mol. The number of nitrogens with one attached hydrogen (secondary N) is 1. The van der Waals surface area contributed by atoms with Crippen molar-refractivity contribution >= 4 is 35.3 Å². The lowest BCUT2D eigenvalue weighted by Crippen LogP contribution is -2.52. The van der Waals surface area contributed by atoms with Crippen LogP contribution in [-0.4, -0.2) is 84.8 Å². The van der Waals surface area contributed by atoms with Crippen molar-refractivity contribution in [2.75, 3.05) is 46.4 Å². The van der Waals surface area contributed by atoms with Gasteiger partial charge in [-0.25, -0.2) is 9.18 Å². The normalized spacial score (nSPS) is 17.1. The number of esters is 1. The lowest BCUT2D eigenvalue weighted by Gasteiger charge is -2.36. The number of aromatic nitrogens is 1. The summed E-state index contributed by atoms with van der Waals surface area (Å²) in [5, 5.41) is 12.3. The third-order valence-corrected chi connectivity index (χ3v) is 6.77. The minimum Gasteiger partial charge on any atom is -0.550 e. The third kappa shape index (κ3) is 8.81. The Balaban J connectivity index is 0.00000108. The van der Waals surface area contributed by atoms with Gasteiger partial charge in [0.15, 0.2) is 5.84 Å². The summed E-state index contributed by atoms with van der Waals surface area (Å²) in [4.78, 5) is 47.6. The molecule has 13 heteroatoms. The number of carbonyl (C=O) groups is 3. The maximum Gasteiger partial charge on any atom is 0.338 e. The highest BCUT2D eigenvalue weighted by molar-refractivity contribution is 6.31. The molecule has 4 rings (SSSR count). The number of carbonyl (C=O) groups excluding carboxylic acids is 3. The summed E-state index contributed by atoms with van der Waals surface area (Å²) in [7, 11) is 1.31. The van der Waals surface area contributed by atoms with Crippen LogP contribution in [-0.2, 0) is 19.1 Å². The molecule has 4 N–H and O–H groups in total. The molecule has 1 saturated heterocycles. The lowest BCUT2D eigenvalue weighted by molar-refractivity contribution is -0.368. The maximum absolute atomic E-state index is 13.8. The van der Waals surface area contributed by atoms with E-state index >= 15 is 0 Å². The van der Waals surface area contributed by atoms with Crippen LogP contribution in [0.15, 0.2) is 58.9 Å². The van der Waals surface area contributed by atoms with E-state index in [0.717, 1.165) is 19.9 Å². The number of pyridine rings is 1. The summed E-state index contributed by atoms with van der Waals surface area (Å²) in [6, 6.07) is 8.66. The number of aliphatic imine (C=N–C) groups is 1. The Morgan fingerprint density at radius 2 is 1.90 bits per heavy atom. The number of carboxylic acids is 1. The molecule has 2 aliphatic rings. The van der Waals surface area contributed by atoms with Crippen LogP contribution in [0.3, 0.4) is 0 Å². The molecule has 3 heterocycles. The minimum atomic E-state index is -1.08. The van der Waals surface area contributed by atoms with Crippen molar-refractivity contribution in [3.05, 3.63) is 76.0 Å². The summed E-state index contributed by atoms with van der Waals surface area (Å²) in [5.41, 5.74) is 5.78. The van der Waals surface area contributed by atoms with Gasteiger partial charge in [-0.15, -0.1) is 0 Å². The number of benzene rings is 1. The highest BCUT2D eigenvalue weighted by atomic mass is 35.5. The zero-order chi connectivity index (χ0) is 29.9. The van der Waals surface area contributed by atoms with E-state index in [-0.39, 0.29) is 10.9 Å². The van der Waals surface area contributed by atoms with E-state index in [0.29, 0.717) is 67.5 Å². The highest BCUT2D eigenvalue weighted by Crippen LogP contribution is 2.36. The number of piperazine rings is 1. The van der Waals surface area contributed by atoms with E-state index in [1.165, 1.54) is 25.3 Å². The first-order valence-corrected chi connectivity index (χ1v) is 13.5. The summed E-state index contributed by atoms with van der Waals surface area (Å²) >= 11 is 6.42. The Labute approximate surface area is 242 Å². The molecule has 0 radical (unpaired) electrons. The first kappa shape index (κ1) is 31.7. The van der Waals surface area contributed by atoms with Gasteiger partial charge in [0.05, 0.1) is 19.2 Å². The molecule has 0 spiro atoms. The Hall–Kier alpha value is -3.87. The average molecular weight is 589 g/mol. The number of aliphatic carboxylic acids is 1. The van der Waals surface area contributed by atoms with Crippen LogP contribution in [0.2, 0.25) is 5.02 Å². The quantitative estimate of drug-likeness (QED) is 0.418. The second-order valence-electron chi connectivity index (χ2n) is 9.38. The Morgan fingerprint density at radius 1 is 1.20 bits per heavy atom. The molecule has 1 fully saturated rings. The van der Waals surface area contributed by atoms with E-state index in [9.17, 15) is 14.0 Å². The predicted molar refractivity (Wildman–Crippen MR) is 148 cm³/mol. The van der Waals surface area contributed by atoms with Gasteiger partial charge in [-0.05, 0) is 31.2 Å². The Morgan fingerprint density at radius 3 is 2.49 bits per heavy atom. The van der Waals surface area contributed by atoms with Gasteiger partial charge >= 0.3 is 5.97 Å². The summed E-state index contributed by atoms with van der Waals surface area (Å²) in [5.74, 6) is -1.51. The fourth-order valence-electron chi connectivity index (χ4n) is 4.47. The standard InChI is InChI=1S/C26H30ClFN6O3.C2H4O2/c1-37-26(36)23-21(16-33-11-13-34(14-12-33)22(35)6-4-9-29)31-25(20-5-2-3-10-30-20)32-24(23)18-8-7-17(28)15-19(18)27;1-2(3)4/h2-3,5,7-8,10,15,24H,4,6,9,11-14,16,29H2,1H3,(H,31,32);1H3,(H,3,4). The van der Waals surface area contributed by atoms with Gasteiger partial charge in [-0.3, -0.25) is 19.7 Å². The number of nitrogens with zero attached hydrogens (tertiary/aromatic N) is 4. The number of hydrogen-bond donors (Lipinski definition) is 2. The number of amidine groups is 1. The summed E-state index contributed by atoms with van der Waals surface area (Å²) < 4.78 is 19.0. The number of carboxylic acid groups (broad SMARTS) is 1. The molecule has 220 valence electrons. The molecule has 1 atom stereocenters. The van der Waals surface area contributed by atoms with Crippen molar-refractivity contribution in [1.82, 2.24) is 20.1 Å². The van der Waals surface area contributed by atoms with E-state index in [4.69, 9.17) is 31.2 Å². The van der Waals surface area contributed by atoms with Crippen LogP contribution >= 0.6 is 11.6 Å². The molecule has 1 aromatic heterocycles. The molecule has 1 aromatic carbocycles. The van der Waals surface area contributed by atoms with Crippen LogP contribution in [0.5, 0.6) is 0 Å². The SMILES string of the molecule is CC(=O)[O-].COC(=O)C1=C(CN2CCN(C(=O)CCC[NH3+])CC2)NC(c2ccccn2)=NC1c1ccc(F)cc1Cl. The Bertz CT molecular complexity index is 1290. The first-order valence-electron chi connectivity index (χ1n) is 13.1. The number of quaternary nitrogens is 1. The van der Waals surface area contributed by atoms with Crippen LogP contribution < -0.4 is 16.2 Å². The Kier molecular flexibility index (Phi) is 11.7. The van der Waals surface area contributed by atoms with Crippen LogP contribution in [0, 0.1) is 5.82 Å². The molecule has 0 saturated carbocycles. The van der Waals surface area contributed by atoms with Crippen molar-refractivity contribution in [3.8, 4) is 0 Å². The predicted octanol–water partition coefficient (Wildman–Crippen LogP) is 0.315. The molecule has 11 nitrogen and oxygen atoms in total. The van der Waals surface area contributed by atoms with Crippen molar-refractivity contribution in [3.63, 3.8) is 0 Å². The summed E-state index contributed by atoms with van der Waals surface area (Å²) in [6.45, 7) is 4.60. The molecule has 2 aliphatic heterocycles. The number of amides is 1. The van der Waals surface area contributed by atoms with Crippen molar-refractivity contribution in [2.45, 2.75) is 25.8 Å². The second-order valence-corrected chi connectivity index (χ2v) is 9.78. The molecule has 1 amide bonds. The molecule has 0 aliphatic carbocycles. The van der Waals surface area contributed by atoms with Crippen molar-refractivity contribution < 1.29 is 34.4 Å². The van der Waals surface area contributed by atoms with E-state index in [1.807, 2.05) is 17.0 Å². The molecule has 41 heavy (non-hydrogen) atoms. The molecular formula is C28H34ClFN6O5. The van der Waals surface area contributed by atoms with E-state index in [2.05, 4.69) is 20.9 Å². The second kappa shape index (κ2) is 15.2. The zero-order valence-electron chi connectivity index (χ0n) is 23.1. The number of ether oxygens (including phenoxy) is 1. The number of hydrogen-bond acceptors (Lipinski definition) is 9. The summed E-state index contributed by atoms with van der Waals surface area (Å²) in [6.07, 6.45) is 2.94. The van der Waals surface area contributed by atoms with Gasteiger partial charge in [0, 0.05) is 74.0 Å². The van der Waals surface area contributed by atoms with Crippen LogP contribution in [0.25, 0.3) is 0 Å². The van der Waals surface area contributed by atoms with Gasteiger partial charge in [-0.1, -0.05) is 23.7 Å². The number of methoxy groups -OCH3 is 1. The number of rotatable bonds is 8. The minimum absolute atomic E-state index is 0.143. The highest BCUT2D eigenvalue weighted by Gasteiger charge is 2.34. The van der Waals surface area contributed by atoms with Gasteiger partial charge in [-0.2, -0.15) is 0 Å². The molecular weight excluding hydrogens is 555 g/mol. The van der Waals surface area contributed by atoms with Gasteiger partial charge in [0.2, 0.25) is 5.91 Å². The van der Waals surface area contributed by atoms with Gasteiger partial charge in [0.25, 0.3) is 0 Å². The van der Waals surface area contributed by atoms with Crippen molar-refractivity contribution in [1.29, 1.82) is 0 Å². The molecule has 1 unspecified atom stereocenters. The van der Waals surface area contributed by atoms with Gasteiger partial charge < -0.3 is 30.6 Å². The maximum atomic E-state index is 13.8. The molecule has 0 bridgehead atoms. The van der Waals surface area contributed by atoms with E-state index < -0.39 is 23.8 Å². The number of halogens is 2. The zero-order valence-corrected chi connectivity index (χ0v) is 23.8. The fourth-order valence-corrected chi connectivity index (χ4v) is 4.74. The molecule has 2 aromatic rings. The van der Waals surface area contributed by atoms with Crippen LogP contribution in [0.4, 0.5) is 4.39 Å². The average Bonchev–Trinajstić information content (AvgIpc) is 2.95. The van der Waals surface area contributed by atoms with Gasteiger partial charge in [0.1, 0.15) is 17.6 Å². The van der Waals surface area contributed by atoms with Crippen LogP contribution in [0.1, 0.15) is 37.1 Å². The smallest absolute Gasteiger partial charge is 0.338 e.